The first kappa shape index (κ1) is 20.7. The molecular weight excluding hydrogens is 432 g/mol. The second-order valence-electron chi connectivity index (χ2n) is 7.39. The molecule has 11 heteroatoms. The zero-order chi connectivity index (χ0) is 21.5. The van der Waals surface area contributed by atoms with E-state index in [2.05, 4.69) is 9.97 Å². The average Bonchev–Trinajstić information content (AvgIpc) is 3.10. The monoisotopic (exact) mass is 452 g/mol. The van der Waals surface area contributed by atoms with Gasteiger partial charge in [0.1, 0.15) is 18.2 Å². The summed E-state index contributed by atoms with van der Waals surface area (Å²) in [6, 6.07) is 5.02. The van der Waals surface area contributed by atoms with Gasteiger partial charge in [0.15, 0.2) is 9.84 Å². The van der Waals surface area contributed by atoms with Crippen LogP contribution in [0.1, 0.15) is 18.4 Å². The highest BCUT2D eigenvalue weighted by molar-refractivity contribution is 7.90. The molecule has 0 atom stereocenters. The van der Waals surface area contributed by atoms with Crippen LogP contribution in [0.15, 0.2) is 29.4 Å². The van der Waals surface area contributed by atoms with Crippen molar-refractivity contribution >= 4 is 39.0 Å². The number of carbonyl (C=O) groups is 1. The molecule has 3 heterocycles. The van der Waals surface area contributed by atoms with E-state index in [4.69, 9.17) is 21.4 Å². The number of benzene rings is 1. The molecule has 2 aliphatic rings. The van der Waals surface area contributed by atoms with Crippen molar-refractivity contribution in [2.75, 3.05) is 30.8 Å². The van der Waals surface area contributed by atoms with Gasteiger partial charge in [-0.3, -0.25) is 0 Å². The molecule has 2 aromatic rings. The third-order valence-corrected chi connectivity index (χ3v) is 6.89. The second-order valence-corrected chi connectivity index (χ2v) is 9.78. The third-order valence-electron chi connectivity index (χ3n) is 5.33. The van der Waals surface area contributed by atoms with Gasteiger partial charge < -0.3 is 19.6 Å². The lowest BCUT2D eigenvalue weighted by Crippen LogP contribution is -2.41. The van der Waals surface area contributed by atoms with Crippen molar-refractivity contribution in [3.8, 4) is 5.88 Å². The molecule has 160 valence electrons. The lowest BCUT2D eigenvalue weighted by atomic mass is 10.1. The number of anilines is 2. The van der Waals surface area contributed by atoms with Gasteiger partial charge in [0.2, 0.25) is 5.88 Å². The van der Waals surface area contributed by atoms with E-state index in [-0.39, 0.29) is 16.0 Å². The summed E-state index contributed by atoms with van der Waals surface area (Å²) in [7, 11) is -3.41. The minimum atomic E-state index is -3.41. The summed E-state index contributed by atoms with van der Waals surface area (Å²) in [6.45, 7) is 1.49. The number of piperidine rings is 1. The number of hydrogen-bond donors (Lipinski definition) is 1. The van der Waals surface area contributed by atoms with Gasteiger partial charge >= 0.3 is 6.09 Å². The molecule has 0 spiro atoms. The Labute approximate surface area is 179 Å². The summed E-state index contributed by atoms with van der Waals surface area (Å²) in [4.78, 5) is 23.0. The number of ether oxygens (including phenoxy) is 1. The van der Waals surface area contributed by atoms with Crippen LogP contribution in [0, 0.1) is 0 Å². The molecule has 1 N–H and O–H groups in total. The number of hydrogen-bond acceptors (Lipinski definition) is 7. The molecule has 0 unspecified atom stereocenters. The van der Waals surface area contributed by atoms with Gasteiger partial charge in [0.05, 0.1) is 9.92 Å². The van der Waals surface area contributed by atoms with Crippen LogP contribution in [0.4, 0.5) is 16.3 Å². The first-order valence-electron chi connectivity index (χ1n) is 9.49. The Bertz CT molecular complexity index is 1090. The van der Waals surface area contributed by atoms with E-state index in [1.807, 2.05) is 4.90 Å². The van der Waals surface area contributed by atoms with Crippen molar-refractivity contribution in [2.24, 2.45) is 0 Å². The van der Waals surface area contributed by atoms with Gasteiger partial charge in [0.25, 0.3) is 0 Å². The maximum Gasteiger partial charge on any atom is 0.407 e. The van der Waals surface area contributed by atoms with Crippen LogP contribution in [0.25, 0.3) is 0 Å². The lowest BCUT2D eigenvalue weighted by molar-refractivity contribution is 0.0870. The molecule has 1 amide bonds. The minimum Gasteiger partial charge on any atom is -0.474 e. The van der Waals surface area contributed by atoms with Gasteiger partial charge in [-0.15, -0.1) is 0 Å². The van der Waals surface area contributed by atoms with E-state index in [0.29, 0.717) is 50.6 Å². The Hall–Kier alpha value is -2.59. The normalized spacial score (nSPS) is 17.1. The van der Waals surface area contributed by atoms with Crippen LogP contribution in [-0.2, 0) is 16.3 Å². The number of nitrogens with zero attached hydrogens (tertiary/aromatic N) is 4. The first-order valence-corrected chi connectivity index (χ1v) is 11.8. The van der Waals surface area contributed by atoms with Crippen molar-refractivity contribution in [3.05, 3.63) is 35.1 Å². The SMILES string of the molecule is CS(=O)(=O)c1cc2c(cc1Cl)N(c1cc(OC3CCN(C(=O)O)CC3)ncn1)CC2. The van der Waals surface area contributed by atoms with Crippen molar-refractivity contribution in [1.29, 1.82) is 0 Å². The van der Waals surface area contributed by atoms with Gasteiger partial charge in [0, 0.05) is 50.5 Å². The van der Waals surface area contributed by atoms with E-state index < -0.39 is 15.9 Å². The summed E-state index contributed by atoms with van der Waals surface area (Å²) in [5, 5.41) is 9.23. The number of halogens is 1. The number of likely N-dealkylation sites (tertiary alicyclic amines) is 1. The van der Waals surface area contributed by atoms with Crippen molar-refractivity contribution in [1.82, 2.24) is 14.9 Å². The maximum absolute atomic E-state index is 11.9. The highest BCUT2D eigenvalue weighted by Gasteiger charge is 2.27. The molecule has 1 aromatic heterocycles. The highest BCUT2D eigenvalue weighted by Crippen LogP contribution is 2.39. The summed E-state index contributed by atoms with van der Waals surface area (Å²) in [5.74, 6) is 1.05. The number of carboxylic acid groups (broad SMARTS) is 1. The van der Waals surface area contributed by atoms with Crippen LogP contribution in [0.2, 0.25) is 5.02 Å². The Kier molecular flexibility index (Phi) is 5.46. The smallest absolute Gasteiger partial charge is 0.407 e. The van der Waals surface area contributed by atoms with E-state index in [9.17, 15) is 13.2 Å². The van der Waals surface area contributed by atoms with E-state index in [0.717, 1.165) is 17.5 Å². The predicted molar refractivity (Wildman–Crippen MR) is 111 cm³/mol. The summed E-state index contributed by atoms with van der Waals surface area (Å²) >= 11 is 6.23. The Morgan fingerprint density at radius 3 is 2.60 bits per heavy atom. The highest BCUT2D eigenvalue weighted by atomic mass is 35.5. The quantitative estimate of drug-likeness (QED) is 0.753. The lowest BCUT2D eigenvalue weighted by Gasteiger charge is -2.30. The van der Waals surface area contributed by atoms with Crippen LogP contribution in [-0.4, -0.2) is 66.5 Å². The largest absolute Gasteiger partial charge is 0.474 e. The summed E-state index contributed by atoms with van der Waals surface area (Å²) in [6.07, 6.45) is 3.40. The van der Waals surface area contributed by atoms with E-state index >= 15 is 0 Å². The summed E-state index contributed by atoms with van der Waals surface area (Å²) < 4.78 is 29.8. The van der Waals surface area contributed by atoms with Gasteiger partial charge in [-0.1, -0.05) is 11.6 Å². The van der Waals surface area contributed by atoms with Crippen LogP contribution < -0.4 is 9.64 Å². The Balaban J connectivity index is 1.52. The summed E-state index contributed by atoms with van der Waals surface area (Å²) in [5.41, 5.74) is 1.70. The van der Waals surface area contributed by atoms with Crippen LogP contribution in [0.3, 0.4) is 0 Å². The Morgan fingerprint density at radius 1 is 1.20 bits per heavy atom. The van der Waals surface area contributed by atoms with Crippen LogP contribution in [0.5, 0.6) is 5.88 Å². The predicted octanol–water partition coefficient (Wildman–Crippen LogP) is 2.75. The zero-order valence-corrected chi connectivity index (χ0v) is 17.9. The second kappa shape index (κ2) is 7.92. The van der Waals surface area contributed by atoms with E-state index in [1.54, 1.807) is 18.2 Å². The molecule has 0 radical (unpaired) electrons. The fraction of sp³-hybridized carbons (Fsp3) is 0.421. The standard InChI is InChI=1S/C19H21ClN4O5S/c1-30(27,28)16-8-12-2-7-24(15(12)9-14(16)20)17-10-18(22-11-21-17)29-13-3-5-23(6-4-13)19(25)26/h8-11,13H,2-7H2,1H3,(H,25,26). The molecule has 0 aliphatic carbocycles. The number of rotatable bonds is 4. The zero-order valence-electron chi connectivity index (χ0n) is 16.3. The fourth-order valence-electron chi connectivity index (χ4n) is 3.79. The molecule has 1 aromatic carbocycles. The molecule has 9 nitrogen and oxygen atoms in total. The molecule has 4 rings (SSSR count). The average molecular weight is 453 g/mol. The van der Waals surface area contributed by atoms with Crippen molar-refractivity contribution in [3.63, 3.8) is 0 Å². The number of sulfone groups is 1. The van der Waals surface area contributed by atoms with Gasteiger partial charge in [-0.25, -0.2) is 23.2 Å². The molecular formula is C19H21ClN4O5S. The molecule has 0 saturated carbocycles. The van der Waals surface area contributed by atoms with E-state index in [1.165, 1.54) is 11.2 Å². The number of amides is 1. The van der Waals surface area contributed by atoms with Gasteiger partial charge in [-0.2, -0.15) is 0 Å². The molecule has 2 aliphatic heterocycles. The maximum atomic E-state index is 11.9. The Morgan fingerprint density at radius 2 is 1.93 bits per heavy atom. The van der Waals surface area contributed by atoms with Crippen molar-refractivity contribution in [2.45, 2.75) is 30.3 Å². The van der Waals surface area contributed by atoms with Crippen LogP contribution >= 0.6 is 11.6 Å². The third kappa shape index (κ3) is 4.15. The molecule has 0 bridgehead atoms. The molecule has 30 heavy (non-hydrogen) atoms. The minimum absolute atomic E-state index is 0.110. The molecule has 1 fully saturated rings. The fourth-order valence-corrected chi connectivity index (χ4v) is 5.14. The first-order chi connectivity index (χ1) is 14.2. The molecule has 1 saturated heterocycles. The van der Waals surface area contributed by atoms with Gasteiger partial charge in [-0.05, 0) is 24.1 Å². The van der Waals surface area contributed by atoms with Crippen molar-refractivity contribution < 1.29 is 23.1 Å². The number of fused-ring (bicyclic) bond motifs is 1. The number of aromatic nitrogens is 2. The topological polar surface area (TPSA) is 113 Å².